The van der Waals surface area contributed by atoms with Gasteiger partial charge in [0, 0.05) is 23.3 Å². The molecule has 1 aromatic heterocycles. The van der Waals surface area contributed by atoms with Gasteiger partial charge in [-0.2, -0.15) is 0 Å². The smallest absolute Gasteiger partial charge is 0.327 e. The molecule has 0 aliphatic rings. The van der Waals surface area contributed by atoms with Crippen molar-refractivity contribution in [2.45, 2.75) is 12.6 Å². The number of hydrogen-bond donors (Lipinski definition) is 1. The Morgan fingerprint density at radius 3 is 2.73 bits per heavy atom. The molecule has 5 nitrogen and oxygen atoms in total. The van der Waals surface area contributed by atoms with E-state index in [0.29, 0.717) is 23.0 Å². The molecular formula is C16H17ClN2O3. The molecule has 0 saturated heterocycles. The fourth-order valence-corrected chi connectivity index (χ4v) is 2.35. The van der Waals surface area contributed by atoms with E-state index >= 15 is 0 Å². The third-order valence-corrected chi connectivity index (χ3v) is 3.54. The number of benzene rings is 1. The van der Waals surface area contributed by atoms with Crippen molar-refractivity contribution in [2.75, 3.05) is 14.2 Å². The zero-order chi connectivity index (χ0) is 15.9. The van der Waals surface area contributed by atoms with Crippen molar-refractivity contribution in [1.29, 1.82) is 0 Å². The topological polar surface area (TPSA) is 60.5 Å². The quantitative estimate of drug-likeness (QED) is 0.829. The molecule has 1 atom stereocenters. The summed E-state index contributed by atoms with van der Waals surface area (Å²) in [7, 11) is 2.90. The largest absolute Gasteiger partial charge is 0.481 e. The van der Waals surface area contributed by atoms with Gasteiger partial charge in [-0.25, -0.2) is 9.78 Å². The van der Waals surface area contributed by atoms with Crippen LogP contribution in [0.5, 0.6) is 5.88 Å². The van der Waals surface area contributed by atoms with Gasteiger partial charge >= 0.3 is 5.97 Å². The molecule has 0 amide bonds. The fourth-order valence-electron chi connectivity index (χ4n) is 2.10. The maximum absolute atomic E-state index is 12.1. The minimum atomic E-state index is -0.663. The molecule has 0 aliphatic carbocycles. The predicted octanol–water partition coefficient (Wildman–Crippen LogP) is 2.75. The Morgan fingerprint density at radius 1 is 1.27 bits per heavy atom. The number of nitrogens with one attached hydrogen (secondary N) is 1. The summed E-state index contributed by atoms with van der Waals surface area (Å²) in [6.45, 7) is 0.391. The molecule has 1 N–H and O–H groups in total. The lowest BCUT2D eigenvalue weighted by Gasteiger charge is -2.18. The first-order chi connectivity index (χ1) is 10.7. The van der Waals surface area contributed by atoms with E-state index in [1.165, 1.54) is 7.11 Å². The highest BCUT2D eigenvalue weighted by Crippen LogP contribution is 2.24. The summed E-state index contributed by atoms with van der Waals surface area (Å²) < 4.78 is 10.1. The molecule has 116 valence electrons. The van der Waals surface area contributed by atoms with Gasteiger partial charge in [0.05, 0.1) is 14.2 Å². The first kappa shape index (κ1) is 16.3. The minimum absolute atomic E-state index is 0.391. The Bertz CT molecular complexity index is 649. The van der Waals surface area contributed by atoms with Gasteiger partial charge in [0.15, 0.2) is 0 Å². The van der Waals surface area contributed by atoms with Gasteiger partial charge in [-0.05, 0) is 17.7 Å². The predicted molar refractivity (Wildman–Crippen MR) is 83.8 cm³/mol. The van der Waals surface area contributed by atoms with Crippen LogP contribution in [0.4, 0.5) is 0 Å². The normalized spacial score (nSPS) is 11.8. The summed E-state index contributed by atoms with van der Waals surface area (Å²) in [5, 5.41) is 3.64. The number of methoxy groups -OCH3 is 2. The van der Waals surface area contributed by atoms with Crippen LogP contribution in [0.25, 0.3) is 0 Å². The molecule has 1 heterocycles. The van der Waals surface area contributed by atoms with E-state index in [4.69, 9.17) is 21.1 Å². The Hall–Kier alpha value is -2.11. The summed E-state index contributed by atoms with van der Waals surface area (Å²) in [6.07, 6.45) is 1.65. The van der Waals surface area contributed by atoms with Crippen LogP contribution in [0.1, 0.15) is 17.2 Å². The van der Waals surface area contributed by atoms with E-state index < -0.39 is 12.0 Å². The third kappa shape index (κ3) is 3.75. The number of carbonyl (C=O) groups is 1. The molecule has 0 saturated carbocycles. The van der Waals surface area contributed by atoms with E-state index in [0.717, 1.165) is 5.56 Å². The minimum Gasteiger partial charge on any atom is -0.481 e. The molecule has 0 radical (unpaired) electrons. The molecule has 0 bridgehead atoms. The molecule has 2 rings (SSSR count). The van der Waals surface area contributed by atoms with Gasteiger partial charge < -0.3 is 9.47 Å². The highest BCUT2D eigenvalue weighted by Gasteiger charge is 2.23. The first-order valence-corrected chi connectivity index (χ1v) is 7.08. The van der Waals surface area contributed by atoms with Crippen molar-refractivity contribution in [3.8, 4) is 5.88 Å². The number of nitrogens with zero attached hydrogens (tertiary/aromatic N) is 1. The Morgan fingerprint density at radius 2 is 2.05 bits per heavy atom. The molecule has 6 heteroatoms. The van der Waals surface area contributed by atoms with Crippen molar-refractivity contribution in [3.05, 3.63) is 58.7 Å². The number of halogens is 1. The van der Waals surface area contributed by atoms with E-state index in [1.807, 2.05) is 24.3 Å². The Kier molecular flexibility index (Phi) is 5.75. The number of ether oxygens (including phenoxy) is 2. The number of pyridine rings is 1. The van der Waals surface area contributed by atoms with Crippen LogP contribution >= 0.6 is 11.6 Å². The molecule has 0 spiro atoms. The summed E-state index contributed by atoms with van der Waals surface area (Å²) >= 11 is 6.18. The molecule has 2 aromatic rings. The zero-order valence-corrected chi connectivity index (χ0v) is 13.1. The fraction of sp³-hybridized carbons (Fsp3) is 0.250. The first-order valence-electron chi connectivity index (χ1n) is 6.71. The Balaban J connectivity index is 2.21. The second-order valence-corrected chi connectivity index (χ2v) is 4.94. The van der Waals surface area contributed by atoms with Crippen LogP contribution in [-0.4, -0.2) is 25.2 Å². The van der Waals surface area contributed by atoms with Gasteiger partial charge in [-0.3, -0.25) is 5.32 Å². The van der Waals surface area contributed by atoms with Gasteiger partial charge in [0.25, 0.3) is 0 Å². The lowest BCUT2D eigenvalue weighted by molar-refractivity contribution is -0.143. The number of rotatable bonds is 6. The lowest BCUT2D eigenvalue weighted by atomic mass is 10.1. The summed E-state index contributed by atoms with van der Waals surface area (Å²) in [5.41, 5.74) is 1.50. The SMILES string of the molecule is COC(=O)[C@@H](NCc1cccnc1OC)c1ccccc1Cl. The van der Waals surface area contributed by atoms with E-state index in [2.05, 4.69) is 10.3 Å². The number of hydrogen-bond acceptors (Lipinski definition) is 5. The van der Waals surface area contributed by atoms with E-state index in [-0.39, 0.29) is 0 Å². The molecule has 0 fully saturated rings. The average Bonchev–Trinajstić information content (AvgIpc) is 2.56. The summed E-state index contributed by atoms with van der Waals surface area (Å²) in [6, 6.07) is 10.2. The highest BCUT2D eigenvalue weighted by molar-refractivity contribution is 6.31. The van der Waals surface area contributed by atoms with Crippen LogP contribution in [0.15, 0.2) is 42.6 Å². The third-order valence-electron chi connectivity index (χ3n) is 3.19. The van der Waals surface area contributed by atoms with Crippen LogP contribution in [0.3, 0.4) is 0 Å². The summed E-state index contributed by atoms with van der Waals surface area (Å²) in [4.78, 5) is 16.2. The lowest BCUT2D eigenvalue weighted by Crippen LogP contribution is -2.29. The van der Waals surface area contributed by atoms with Gasteiger partial charge in [0.1, 0.15) is 6.04 Å². The molecule has 0 aliphatic heterocycles. The van der Waals surface area contributed by atoms with Gasteiger partial charge in [0.2, 0.25) is 5.88 Å². The maximum atomic E-state index is 12.1. The standard InChI is InChI=1S/C16H17ClN2O3/c1-21-15-11(6-5-9-18-15)10-19-14(16(20)22-2)12-7-3-4-8-13(12)17/h3-9,14,19H,10H2,1-2H3/t14-/m0/s1. The second kappa shape index (κ2) is 7.77. The highest BCUT2D eigenvalue weighted by atomic mass is 35.5. The van der Waals surface area contributed by atoms with Gasteiger partial charge in [-0.15, -0.1) is 0 Å². The molecule has 1 aromatic carbocycles. The maximum Gasteiger partial charge on any atom is 0.327 e. The molecule has 0 unspecified atom stereocenters. The monoisotopic (exact) mass is 320 g/mol. The van der Waals surface area contributed by atoms with Crippen molar-refractivity contribution in [1.82, 2.24) is 10.3 Å². The Labute approximate surface area is 134 Å². The van der Waals surface area contributed by atoms with Gasteiger partial charge in [-0.1, -0.05) is 35.9 Å². The molecular weight excluding hydrogens is 304 g/mol. The van der Waals surface area contributed by atoms with Crippen molar-refractivity contribution in [3.63, 3.8) is 0 Å². The van der Waals surface area contributed by atoms with Crippen molar-refractivity contribution < 1.29 is 14.3 Å². The average molecular weight is 321 g/mol. The van der Waals surface area contributed by atoms with Crippen LogP contribution in [-0.2, 0) is 16.1 Å². The summed E-state index contributed by atoms with van der Waals surface area (Å²) in [5.74, 6) is 0.105. The molecule has 22 heavy (non-hydrogen) atoms. The van der Waals surface area contributed by atoms with Crippen LogP contribution < -0.4 is 10.1 Å². The van der Waals surface area contributed by atoms with Crippen molar-refractivity contribution >= 4 is 17.6 Å². The number of aromatic nitrogens is 1. The number of carbonyl (C=O) groups excluding carboxylic acids is 1. The van der Waals surface area contributed by atoms with Crippen LogP contribution in [0.2, 0.25) is 5.02 Å². The number of esters is 1. The van der Waals surface area contributed by atoms with E-state index in [1.54, 1.807) is 25.4 Å². The van der Waals surface area contributed by atoms with Crippen molar-refractivity contribution in [2.24, 2.45) is 0 Å². The van der Waals surface area contributed by atoms with E-state index in [9.17, 15) is 4.79 Å². The zero-order valence-electron chi connectivity index (χ0n) is 12.4. The second-order valence-electron chi connectivity index (χ2n) is 4.53. The van der Waals surface area contributed by atoms with Crippen LogP contribution in [0, 0.1) is 0 Å².